The third-order valence-electron chi connectivity index (χ3n) is 3.48. The lowest BCUT2D eigenvalue weighted by Gasteiger charge is -2.17. The summed E-state index contributed by atoms with van der Waals surface area (Å²) in [5.41, 5.74) is 0.333. The van der Waals surface area contributed by atoms with Crippen LogP contribution in [-0.2, 0) is 14.8 Å². The minimum absolute atomic E-state index is 0.105. The van der Waals surface area contributed by atoms with Gasteiger partial charge in [-0.3, -0.25) is 4.79 Å². The Morgan fingerprint density at radius 3 is 2.23 bits per heavy atom. The highest BCUT2D eigenvalue weighted by Crippen LogP contribution is 2.30. The predicted octanol–water partition coefficient (Wildman–Crippen LogP) is 2.59. The summed E-state index contributed by atoms with van der Waals surface area (Å²) in [6.45, 7) is 4.31. The van der Waals surface area contributed by atoms with Crippen LogP contribution < -0.4 is 14.2 Å². The molecule has 140 valence electrons. The van der Waals surface area contributed by atoms with Crippen molar-refractivity contribution in [3.05, 3.63) is 54.1 Å². The molecule has 0 saturated carbocycles. The number of benzene rings is 2. The van der Waals surface area contributed by atoms with Crippen molar-refractivity contribution in [2.24, 2.45) is 0 Å². The Hall–Kier alpha value is -2.58. The van der Waals surface area contributed by atoms with Crippen LogP contribution in [0.5, 0.6) is 11.5 Å². The van der Waals surface area contributed by atoms with Gasteiger partial charge in [0.15, 0.2) is 11.5 Å². The van der Waals surface area contributed by atoms with E-state index in [9.17, 15) is 18.3 Å². The van der Waals surface area contributed by atoms with Gasteiger partial charge < -0.3 is 14.6 Å². The molecule has 1 atom stereocenters. The van der Waals surface area contributed by atoms with E-state index in [2.05, 4.69) is 4.72 Å². The molecule has 26 heavy (non-hydrogen) atoms. The average Bonchev–Trinajstić information content (AvgIpc) is 2.62. The summed E-state index contributed by atoms with van der Waals surface area (Å²) >= 11 is 0. The van der Waals surface area contributed by atoms with Gasteiger partial charge in [-0.15, -0.1) is 0 Å². The van der Waals surface area contributed by atoms with Gasteiger partial charge in [-0.25, -0.2) is 8.42 Å². The van der Waals surface area contributed by atoms with Crippen molar-refractivity contribution in [3.63, 3.8) is 0 Å². The topological polar surface area (TPSA) is 102 Å². The number of sulfonamides is 1. The van der Waals surface area contributed by atoms with E-state index in [0.717, 1.165) is 0 Å². The number of ether oxygens (including phenoxy) is 2. The monoisotopic (exact) mass is 379 g/mol. The molecular formula is C18H21NO6S. The Bertz CT molecular complexity index is 851. The summed E-state index contributed by atoms with van der Waals surface area (Å²) in [5.74, 6) is -0.592. The van der Waals surface area contributed by atoms with E-state index in [1.165, 1.54) is 18.2 Å². The van der Waals surface area contributed by atoms with E-state index >= 15 is 0 Å². The van der Waals surface area contributed by atoms with Gasteiger partial charge in [0.1, 0.15) is 6.04 Å². The number of carboxylic acid groups (broad SMARTS) is 1. The molecular weight excluding hydrogens is 358 g/mol. The minimum atomic E-state index is -4.09. The van der Waals surface area contributed by atoms with Gasteiger partial charge in [-0.1, -0.05) is 30.3 Å². The second-order valence-electron chi connectivity index (χ2n) is 5.28. The highest BCUT2D eigenvalue weighted by molar-refractivity contribution is 7.89. The summed E-state index contributed by atoms with van der Waals surface area (Å²) in [5, 5.41) is 9.42. The molecule has 0 spiro atoms. The van der Waals surface area contributed by atoms with Crippen molar-refractivity contribution in [3.8, 4) is 11.5 Å². The maximum atomic E-state index is 12.7. The zero-order chi connectivity index (χ0) is 19.2. The van der Waals surface area contributed by atoms with Crippen LogP contribution in [0, 0.1) is 0 Å². The van der Waals surface area contributed by atoms with Gasteiger partial charge >= 0.3 is 5.97 Å². The van der Waals surface area contributed by atoms with Crippen LogP contribution in [0.3, 0.4) is 0 Å². The lowest BCUT2D eigenvalue weighted by molar-refractivity contribution is -0.139. The predicted molar refractivity (Wildman–Crippen MR) is 95.9 cm³/mol. The Morgan fingerprint density at radius 2 is 1.65 bits per heavy atom. The van der Waals surface area contributed by atoms with Crippen LogP contribution in [-0.4, -0.2) is 32.7 Å². The summed E-state index contributed by atoms with van der Waals surface area (Å²) in [4.78, 5) is 11.4. The molecule has 8 heteroatoms. The summed E-state index contributed by atoms with van der Waals surface area (Å²) in [7, 11) is -4.09. The van der Waals surface area contributed by atoms with Gasteiger partial charge in [0.25, 0.3) is 0 Å². The third kappa shape index (κ3) is 4.74. The number of nitrogens with one attached hydrogen (secondary N) is 1. The van der Waals surface area contributed by atoms with Crippen LogP contribution >= 0.6 is 0 Å². The molecule has 7 nitrogen and oxygen atoms in total. The molecule has 2 aromatic carbocycles. The maximum absolute atomic E-state index is 12.7. The van der Waals surface area contributed by atoms with Crippen molar-refractivity contribution in [1.82, 2.24) is 4.72 Å². The Morgan fingerprint density at radius 1 is 1.04 bits per heavy atom. The molecule has 0 fully saturated rings. The van der Waals surface area contributed by atoms with E-state index in [0.29, 0.717) is 24.5 Å². The summed E-state index contributed by atoms with van der Waals surface area (Å²) in [6.07, 6.45) is 0. The van der Waals surface area contributed by atoms with Crippen molar-refractivity contribution in [2.75, 3.05) is 13.2 Å². The summed E-state index contributed by atoms with van der Waals surface area (Å²) < 4.78 is 38.4. The Kier molecular flexibility index (Phi) is 6.59. The molecule has 2 rings (SSSR count). The number of hydrogen-bond donors (Lipinski definition) is 2. The average molecular weight is 379 g/mol. The molecule has 2 N–H and O–H groups in total. The summed E-state index contributed by atoms with van der Waals surface area (Å²) in [6, 6.07) is 10.9. The molecule has 0 saturated heterocycles. The fourth-order valence-electron chi connectivity index (χ4n) is 2.33. The molecule has 0 aliphatic heterocycles. The smallest absolute Gasteiger partial charge is 0.326 e. The molecule has 0 amide bonds. The minimum Gasteiger partial charge on any atom is -0.490 e. The first-order valence-electron chi connectivity index (χ1n) is 8.08. The van der Waals surface area contributed by atoms with E-state index in [1.54, 1.807) is 44.2 Å². The first-order valence-corrected chi connectivity index (χ1v) is 9.57. The van der Waals surface area contributed by atoms with Gasteiger partial charge in [0.2, 0.25) is 10.0 Å². The molecule has 0 aliphatic carbocycles. The largest absolute Gasteiger partial charge is 0.490 e. The van der Waals surface area contributed by atoms with Crippen molar-refractivity contribution in [2.45, 2.75) is 24.8 Å². The Labute approximate surface area is 152 Å². The van der Waals surface area contributed by atoms with E-state index in [4.69, 9.17) is 9.47 Å². The quantitative estimate of drug-likeness (QED) is 0.694. The Balaban J connectivity index is 2.36. The van der Waals surface area contributed by atoms with Gasteiger partial charge in [-0.2, -0.15) is 4.72 Å². The molecule has 2 aromatic rings. The second-order valence-corrected chi connectivity index (χ2v) is 6.99. The van der Waals surface area contributed by atoms with Crippen LogP contribution in [0.15, 0.2) is 53.4 Å². The van der Waals surface area contributed by atoms with Gasteiger partial charge in [0.05, 0.1) is 18.1 Å². The van der Waals surface area contributed by atoms with E-state index < -0.39 is 22.0 Å². The lowest BCUT2D eigenvalue weighted by Crippen LogP contribution is -2.33. The van der Waals surface area contributed by atoms with Crippen molar-refractivity contribution < 1.29 is 27.8 Å². The number of carboxylic acids is 1. The molecule has 0 unspecified atom stereocenters. The number of hydrogen-bond acceptors (Lipinski definition) is 5. The first kappa shape index (κ1) is 19.7. The zero-order valence-corrected chi connectivity index (χ0v) is 15.3. The third-order valence-corrected chi connectivity index (χ3v) is 4.90. The van der Waals surface area contributed by atoms with Crippen molar-refractivity contribution >= 4 is 16.0 Å². The highest BCUT2D eigenvalue weighted by atomic mass is 32.2. The zero-order valence-electron chi connectivity index (χ0n) is 14.5. The SMILES string of the molecule is CCOc1ccc(S(=O)(=O)N[C@@H](C(=O)O)c2ccccc2)cc1OCC. The standard InChI is InChI=1S/C18H21NO6S/c1-3-24-15-11-10-14(12-16(15)25-4-2)26(22,23)19-17(18(20)21)13-8-6-5-7-9-13/h5-12,17,19H,3-4H2,1-2H3,(H,20,21)/t17-/m1/s1. The number of aliphatic carboxylic acids is 1. The number of carbonyl (C=O) groups is 1. The van der Waals surface area contributed by atoms with Crippen LogP contribution in [0.25, 0.3) is 0 Å². The van der Waals surface area contributed by atoms with Crippen molar-refractivity contribution in [1.29, 1.82) is 0 Å². The van der Waals surface area contributed by atoms with E-state index in [-0.39, 0.29) is 10.6 Å². The second kappa shape index (κ2) is 8.68. The lowest BCUT2D eigenvalue weighted by atomic mass is 10.1. The fraction of sp³-hybridized carbons (Fsp3) is 0.278. The van der Waals surface area contributed by atoms with E-state index in [1.807, 2.05) is 0 Å². The molecule has 0 bridgehead atoms. The first-order chi connectivity index (χ1) is 12.4. The van der Waals surface area contributed by atoms with Crippen LogP contribution in [0.4, 0.5) is 0 Å². The molecule has 0 heterocycles. The number of rotatable bonds is 9. The molecule has 0 radical (unpaired) electrons. The highest BCUT2D eigenvalue weighted by Gasteiger charge is 2.27. The van der Waals surface area contributed by atoms with Crippen LogP contribution in [0.1, 0.15) is 25.5 Å². The fourth-order valence-corrected chi connectivity index (χ4v) is 3.52. The molecule has 0 aliphatic rings. The van der Waals surface area contributed by atoms with Crippen LogP contribution in [0.2, 0.25) is 0 Å². The van der Waals surface area contributed by atoms with Gasteiger partial charge in [0, 0.05) is 6.07 Å². The normalized spacial score (nSPS) is 12.4. The maximum Gasteiger partial charge on any atom is 0.326 e. The van der Waals surface area contributed by atoms with Gasteiger partial charge in [-0.05, 0) is 31.5 Å². The molecule has 0 aromatic heterocycles.